The largest absolute Gasteiger partial charge is 0.481 e. The molecular formula is C15H22N2O3. The third kappa shape index (κ3) is 5.40. The average Bonchev–Trinajstić information content (AvgIpc) is 2.41. The van der Waals surface area contributed by atoms with Crippen molar-refractivity contribution in [2.45, 2.75) is 25.7 Å². The monoisotopic (exact) mass is 278 g/mol. The number of hydrogen-bond acceptors (Lipinski definition) is 3. The van der Waals surface area contributed by atoms with E-state index in [1.54, 1.807) is 12.1 Å². The molecule has 5 heteroatoms. The van der Waals surface area contributed by atoms with Gasteiger partial charge in [0.25, 0.3) is 0 Å². The smallest absolute Gasteiger partial charge is 0.312 e. The minimum atomic E-state index is -0.887. The van der Waals surface area contributed by atoms with E-state index in [4.69, 9.17) is 5.73 Å². The quantitative estimate of drug-likeness (QED) is 0.716. The third-order valence-electron chi connectivity index (χ3n) is 3.15. The third-order valence-corrected chi connectivity index (χ3v) is 3.15. The van der Waals surface area contributed by atoms with Crippen molar-refractivity contribution >= 4 is 11.9 Å². The van der Waals surface area contributed by atoms with Crippen LogP contribution in [0.15, 0.2) is 30.3 Å². The molecule has 0 bridgehead atoms. The first-order valence-electron chi connectivity index (χ1n) is 6.83. The van der Waals surface area contributed by atoms with Gasteiger partial charge < -0.3 is 10.8 Å². The first kappa shape index (κ1) is 16.2. The number of aliphatic carboxylic acids is 1. The van der Waals surface area contributed by atoms with E-state index in [2.05, 4.69) is 0 Å². The number of amides is 1. The first-order chi connectivity index (χ1) is 9.54. The summed E-state index contributed by atoms with van der Waals surface area (Å²) in [4.78, 5) is 24.4. The van der Waals surface area contributed by atoms with Crippen LogP contribution in [0.3, 0.4) is 0 Å². The molecule has 3 N–H and O–H groups in total. The second-order valence-electron chi connectivity index (χ2n) is 4.86. The van der Waals surface area contributed by atoms with E-state index < -0.39 is 17.8 Å². The van der Waals surface area contributed by atoms with E-state index in [-0.39, 0.29) is 6.54 Å². The van der Waals surface area contributed by atoms with Gasteiger partial charge in [0.15, 0.2) is 0 Å². The molecule has 0 spiro atoms. The SMILES string of the molecule is CCCCN(CC(N)=O)CC(C(=O)O)c1ccccc1. The van der Waals surface area contributed by atoms with Gasteiger partial charge >= 0.3 is 5.97 Å². The van der Waals surface area contributed by atoms with E-state index in [1.807, 2.05) is 30.0 Å². The molecule has 1 amide bonds. The van der Waals surface area contributed by atoms with E-state index in [1.165, 1.54) is 0 Å². The molecule has 1 atom stereocenters. The second kappa shape index (κ2) is 8.32. The Morgan fingerprint density at radius 3 is 2.45 bits per heavy atom. The molecule has 0 radical (unpaired) electrons. The van der Waals surface area contributed by atoms with Gasteiger partial charge in [0.05, 0.1) is 12.5 Å². The van der Waals surface area contributed by atoms with Gasteiger partial charge in [-0.1, -0.05) is 43.7 Å². The van der Waals surface area contributed by atoms with Gasteiger partial charge in [0.2, 0.25) is 5.91 Å². The Morgan fingerprint density at radius 2 is 1.95 bits per heavy atom. The summed E-state index contributed by atoms with van der Waals surface area (Å²) in [5.41, 5.74) is 5.97. The van der Waals surface area contributed by atoms with Gasteiger partial charge in [-0.05, 0) is 18.5 Å². The van der Waals surface area contributed by atoms with Crippen LogP contribution in [-0.4, -0.2) is 41.5 Å². The van der Waals surface area contributed by atoms with Crippen LogP contribution in [0.1, 0.15) is 31.2 Å². The fourth-order valence-electron chi connectivity index (χ4n) is 2.11. The molecule has 1 aromatic rings. The number of rotatable bonds is 9. The molecule has 0 aliphatic heterocycles. The van der Waals surface area contributed by atoms with Crippen molar-refractivity contribution in [1.82, 2.24) is 4.90 Å². The normalized spacial score (nSPS) is 12.3. The predicted molar refractivity (Wildman–Crippen MR) is 77.4 cm³/mol. The maximum Gasteiger partial charge on any atom is 0.312 e. The molecule has 1 unspecified atom stereocenters. The van der Waals surface area contributed by atoms with E-state index in [0.717, 1.165) is 18.4 Å². The lowest BCUT2D eigenvalue weighted by atomic mass is 9.98. The fourth-order valence-corrected chi connectivity index (χ4v) is 2.11. The lowest BCUT2D eigenvalue weighted by Gasteiger charge is -2.24. The lowest BCUT2D eigenvalue weighted by Crippen LogP contribution is -2.38. The van der Waals surface area contributed by atoms with Gasteiger partial charge in [0, 0.05) is 6.54 Å². The molecule has 5 nitrogen and oxygen atoms in total. The van der Waals surface area contributed by atoms with Crippen molar-refractivity contribution in [3.05, 3.63) is 35.9 Å². The number of unbranched alkanes of at least 4 members (excludes halogenated alkanes) is 1. The molecule has 0 heterocycles. The van der Waals surface area contributed by atoms with Crippen LogP contribution in [0.2, 0.25) is 0 Å². The van der Waals surface area contributed by atoms with Crippen LogP contribution in [0, 0.1) is 0 Å². The Balaban J connectivity index is 2.80. The molecule has 0 saturated heterocycles. The summed E-state index contributed by atoms with van der Waals surface area (Å²) in [7, 11) is 0. The fraction of sp³-hybridized carbons (Fsp3) is 0.467. The summed E-state index contributed by atoms with van der Waals surface area (Å²) in [6.07, 6.45) is 1.90. The van der Waals surface area contributed by atoms with E-state index in [0.29, 0.717) is 13.1 Å². The van der Waals surface area contributed by atoms with Crippen molar-refractivity contribution in [2.75, 3.05) is 19.6 Å². The number of carbonyl (C=O) groups excluding carboxylic acids is 1. The average molecular weight is 278 g/mol. The molecule has 20 heavy (non-hydrogen) atoms. The molecule has 0 aliphatic carbocycles. The van der Waals surface area contributed by atoms with Crippen LogP contribution < -0.4 is 5.73 Å². The number of carboxylic acids is 1. The number of nitrogens with two attached hydrogens (primary N) is 1. The van der Waals surface area contributed by atoms with Gasteiger partial charge in [0.1, 0.15) is 0 Å². The maximum atomic E-state index is 11.5. The standard InChI is InChI=1S/C15H22N2O3/c1-2-3-9-17(11-14(16)18)10-13(15(19)20)12-7-5-4-6-8-12/h4-8,13H,2-3,9-11H2,1H3,(H2,16,18)(H,19,20). The Labute approximate surface area is 119 Å². The molecule has 1 rings (SSSR count). The Morgan fingerprint density at radius 1 is 1.30 bits per heavy atom. The zero-order valence-electron chi connectivity index (χ0n) is 11.8. The molecule has 0 aliphatic rings. The Kier molecular flexibility index (Phi) is 6.73. The minimum absolute atomic E-state index is 0.0939. The lowest BCUT2D eigenvalue weighted by molar-refractivity contribution is -0.139. The van der Waals surface area contributed by atoms with Crippen molar-refractivity contribution < 1.29 is 14.7 Å². The van der Waals surface area contributed by atoms with E-state index in [9.17, 15) is 14.7 Å². The van der Waals surface area contributed by atoms with Crippen molar-refractivity contribution in [1.29, 1.82) is 0 Å². The van der Waals surface area contributed by atoms with Crippen LogP contribution in [0.25, 0.3) is 0 Å². The molecule has 1 aromatic carbocycles. The number of nitrogens with zero attached hydrogens (tertiary/aromatic N) is 1. The Hall–Kier alpha value is -1.88. The topological polar surface area (TPSA) is 83.6 Å². The number of benzene rings is 1. The summed E-state index contributed by atoms with van der Waals surface area (Å²) in [6.45, 7) is 3.11. The highest BCUT2D eigenvalue weighted by atomic mass is 16.4. The van der Waals surface area contributed by atoms with E-state index >= 15 is 0 Å². The molecule has 110 valence electrons. The van der Waals surface area contributed by atoms with Gasteiger partial charge in [-0.2, -0.15) is 0 Å². The molecular weight excluding hydrogens is 256 g/mol. The van der Waals surface area contributed by atoms with Gasteiger partial charge in [-0.15, -0.1) is 0 Å². The summed E-state index contributed by atoms with van der Waals surface area (Å²) in [5.74, 6) is -1.96. The minimum Gasteiger partial charge on any atom is -0.481 e. The zero-order valence-corrected chi connectivity index (χ0v) is 11.8. The highest BCUT2D eigenvalue weighted by Gasteiger charge is 2.23. The van der Waals surface area contributed by atoms with Crippen LogP contribution in [0.5, 0.6) is 0 Å². The number of carboxylic acid groups (broad SMARTS) is 1. The summed E-state index contributed by atoms with van der Waals surface area (Å²) < 4.78 is 0. The zero-order chi connectivity index (χ0) is 15.0. The van der Waals surface area contributed by atoms with Crippen molar-refractivity contribution in [3.8, 4) is 0 Å². The molecule has 0 saturated carbocycles. The highest BCUT2D eigenvalue weighted by molar-refractivity contribution is 5.77. The van der Waals surface area contributed by atoms with Crippen molar-refractivity contribution in [3.63, 3.8) is 0 Å². The highest BCUT2D eigenvalue weighted by Crippen LogP contribution is 2.17. The maximum absolute atomic E-state index is 11.5. The van der Waals surface area contributed by atoms with Gasteiger partial charge in [-0.3, -0.25) is 14.5 Å². The van der Waals surface area contributed by atoms with Crippen molar-refractivity contribution in [2.24, 2.45) is 5.73 Å². The molecule has 0 aromatic heterocycles. The number of carbonyl (C=O) groups is 2. The van der Waals surface area contributed by atoms with Gasteiger partial charge in [-0.25, -0.2) is 0 Å². The Bertz CT molecular complexity index is 434. The predicted octanol–water partition coefficient (Wildman–Crippen LogP) is 1.44. The summed E-state index contributed by atoms with van der Waals surface area (Å²) >= 11 is 0. The number of primary amides is 1. The summed E-state index contributed by atoms with van der Waals surface area (Å²) in [6, 6.07) is 9.06. The first-order valence-corrected chi connectivity index (χ1v) is 6.83. The van der Waals surface area contributed by atoms with Crippen LogP contribution in [-0.2, 0) is 9.59 Å². The molecule has 0 fully saturated rings. The number of hydrogen-bond donors (Lipinski definition) is 2. The van der Waals surface area contributed by atoms with Crippen LogP contribution >= 0.6 is 0 Å². The summed E-state index contributed by atoms with van der Waals surface area (Å²) in [5, 5.41) is 9.39. The van der Waals surface area contributed by atoms with Crippen LogP contribution in [0.4, 0.5) is 0 Å². The second-order valence-corrected chi connectivity index (χ2v) is 4.86.